The van der Waals surface area contributed by atoms with Crippen LogP contribution in [0.3, 0.4) is 0 Å². The van der Waals surface area contributed by atoms with Gasteiger partial charge < -0.3 is 9.15 Å². The average Bonchev–Trinajstić information content (AvgIpc) is 3.09. The SMILES string of the molecule is O=C(Nc1ncc(C(F)(F)F)o1)C1c2ccccc2Oc2c(F)cccc21. The van der Waals surface area contributed by atoms with Crippen LogP contribution in [0.4, 0.5) is 23.6 Å². The number of rotatable bonds is 2. The molecule has 0 radical (unpaired) electrons. The molecule has 138 valence electrons. The number of carbonyl (C=O) groups excluding carboxylic acids is 1. The Labute approximate surface area is 149 Å². The number of nitrogens with zero attached hydrogens (tertiary/aromatic N) is 1. The molecule has 1 aromatic heterocycles. The molecule has 27 heavy (non-hydrogen) atoms. The van der Waals surface area contributed by atoms with E-state index < -0.39 is 35.6 Å². The predicted molar refractivity (Wildman–Crippen MR) is 84.9 cm³/mol. The van der Waals surface area contributed by atoms with Gasteiger partial charge in [0.2, 0.25) is 11.7 Å². The molecule has 0 bridgehead atoms. The Morgan fingerprint density at radius 1 is 1.07 bits per heavy atom. The number of carbonyl (C=O) groups is 1. The van der Waals surface area contributed by atoms with Crippen molar-refractivity contribution in [1.82, 2.24) is 4.98 Å². The van der Waals surface area contributed by atoms with Gasteiger partial charge in [-0.05, 0) is 12.1 Å². The van der Waals surface area contributed by atoms with Gasteiger partial charge in [0.25, 0.3) is 0 Å². The fourth-order valence-electron chi connectivity index (χ4n) is 2.87. The Balaban J connectivity index is 1.72. The van der Waals surface area contributed by atoms with Gasteiger partial charge in [0, 0.05) is 11.1 Å². The van der Waals surface area contributed by atoms with Gasteiger partial charge in [0.15, 0.2) is 11.6 Å². The second kappa shape index (κ2) is 6.11. The Morgan fingerprint density at radius 3 is 2.56 bits per heavy atom. The number of ether oxygens (including phenoxy) is 1. The molecule has 0 saturated carbocycles. The highest BCUT2D eigenvalue weighted by Crippen LogP contribution is 2.45. The number of fused-ring (bicyclic) bond motifs is 2. The Morgan fingerprint density at radius 2 is 1.81 bits per heavy atom. The van der Waals surface area contributed by atoms with E-state index in [2.05, 4.69) is 14.7 Å². The number of benzene rings is 2. The number of nitrogens with one attached hydrogen (secondary N) is 1. The molecular formula is C18H10F4N2O3. The molecule has 2 aromatic carbocycles. The summed E-state index contributed by atoms with van der Waals surface area (Å²) in [5.74, 6) is -3.57. The third-order valence-corrected chi connectivity index (χ3v) is 4.03. The first-order valence-electron chi connectivity index (χ1n) is 7.73. The van der Waals surface area contributed by atoms with Gasteiger partial charge in [-0.3, -0.25) is 10.1 Å². The number of amides is 1. The highest BCUT2D eigenvalue weighted by atomic mass is 19.4. The quantitative estimate of drug-likeness (QED) is 0.656. The predicted octanol–water partition coefficient (Wildman–Crippen LogP) is 4.71. The standard InChI is InChI=1S/C18H10F4N2O3/c19-11-6-3-5-10-14(9-4-1-2-7-12(9)26-15(10)11)16(25)24-17-23-8-13(27-17)18(20,21)22/h1-8,14H,(H,23,24,25). The molecule has 0 aliphatic carbocycles. The summed E-state index contributed by atoms with van der Waals surface area (Å²) in [5, 5.41) is 2.21. The third-order valence-electron chi connectivity index (χ3n) is 4.03. The van der Waals surface area contributed by atoms with Crippen molar-refractivity contribution < 1.29 is 31.5 Å². The highest BCUT2D eigenvalue weighted by Gasteiger charge is 2.37. The first kappa shape index (κ1) is 17.1. The number of aromatic nitrogens is 1. The smallest absolute Gasteiger partial charge is 0.451 e. The summed E-state index contributed by atoms with van der Waals surface area (Å²) in [4.78, 5) is 16.2. The number of alkyl halides is 3. The second-order valence-corrected chi connectivity index (χ2v) is 5.75. The molecule has 4 rings (SSSR count). The Hall–Kier alpha value is -3.36. The van der Waals surface area contributed by atoms with Gasteiger partial charge in [-0.1, -0.05) is 30.3 Å². The minimum atomic E-state index is -4.73. The van der Waals surface area contributed by atoms with E-state index in [0.29, 0.717) is 11.8 Å². The molecule has 3 aromatic rings. The van der Waals surface area contributed by atoms with Crippen molar-refractivity contribution in [1.29, 1.82) is 0 Å². The molecule has 0 fully saturated rings. The summed E-state index contributed by atoms with van der Waals surface area (Å²) in [7, 11) is 0. The van der Waals surface area contributed by atoms with Crippen molar-refractivity contribution in [3.63, 3.8) is 0 Å². The molecule has 5 nitrogen and oxygen atoms in total. The summed E-state index contributed by atoms with van der Waals surface area (Å²) in [6.07, 6.45) is -4.25. The lowest BCUT2D eigenvalue weighted by Gasteiger charge is -2.27. The maximum atomic E-state index is 14.2. The number of halogens is 4. The number of hydrogen-bond acceptors (Lipinski definition) is 4. The lowest BCUT2D eigenvalue weighted by molar-refractivity contribution is -0.152. The monoisotopic (exact) mass is 378 g/mol. The number of hydrogen-bond donors (Lipinski definition) is 1. The highest BCUT2D eigenvalue weighted by molar-refractivity contribution is 5.98. The van der Waals surface area contributed by atoms with Crippen LogP contribution in [-0.4, -0.2) is 10.9 Å². The largest absolute Gasteiger partial charge is 0.454 e. The molecular weight excluding hydrogens is 368 g/mol. The van der Waals surface area contributed by atoms with Crippen LogP contribution in [0, 0.1) is 5.82 Å². The molecule has 0 saturated heterocycles. The van der Waals surface area contributed by atoms with Gasteiger partial charge in [0.1, 0.15) is 5.75 Å². The normalized spacial score (nSPS) is 15.5. The molecule has 1 aliphatic heterocycles. The maximum Gasteiger partial charge on any atom is 0.451 e. The van der Waals surface area contributed by atoms with Crippen molar-refractivity contribution in [3.8, 4) is 11.5 Å². The molecule has 9 heteroatoms. The van der Waals surface area contributed by atoms with E-state index in [1.165, 1.54) is 18.2 Å². The molecule has 1 unspecified atom stereocenters. The van der Waals surface area contributed by atoms with Crippen molar-refractivity contribution in [3.05, 3.63) is 71.4 Å². The van der Waals surface area contributed by atoms with E-state index in [-0.39, 0.29) is 17.1 Å². The second-order valence-electron chi connectivity index (χ2n) is 5.75. The minimum Gasteiger partial charge on any atom is -0.454 e. The summed E-state index contributed by atoms with van der Waals surface area (Å²) in [6.45, 7) is 0. The Kier molecular flexibility index (Phi) is 3.87. The van der Waals surface area contributed by atoms with Gasteiger partial charge in [-0.15, -0.1) is 0 Å². The molecule has 1 amide bonds. The summed E-state index contributed by atoms with van der Waals surface area (Å²) < 4.78 is 62.1. The van der Waals surface area contributed by atoms with Gasteiger partial charge in [-0.25, -0.2) is 9.37 Å². The average molecular weight is 378 g/mol. The molecule has 1 atom stereocenters. The van der Waals surface area contributed by atoms with Crippen molar-refractivity contribution in [2.75, 3.05) is 5.32 Å². The van der Waals surface area contributed by atoms with E-state index in [9.17, 15) is 22.4 Å². The van der Waals surface area contributed by atoms with Crippen LogP contribution in [0.1, 0.15) is 22.8 Å². The zero-order valence-electron chi connectivity index (χ0n) is 13.4. The fraction of sp³-hybridized carbons (Fsp3) is 0.111. The molecule has 0 spiro atoms. The topological polar surface area (TPSA) is 64.4 Å². The lowest BCUT2D eigenvalue weighted by atomic mass is 9.87. The summed E-state index contributed by atoms with van der Waals surface area (Å²) in [6, 6.07) is 10.0. The molecule has 1 N–H and O–H groups in total. The number of para-hydroxylation sites is 2. The van der Waals surface area contributed by atoms with Crippen LogP contribution in [-0.2, 0) is 11.0 Å². The number of anilines is 1. The molecule has 1 aliphatic rings. The van der Waals surface area contributed by atoms with E-state index >= 15 is 0 Å². The van der Waals surface area contributed by atoms with E-state index in [1.54, 1.807) is 24.3 Å². The van der Waals surface area contributed by atoms with Crippen molar-refractivity contribution >= 4 is 11.9 Å². The zero-order valence-corrected chi connectivity index (χ0v) is 13.4. The molecule has 2 heterocycles. The Bertz CT molecular complexity index is 1030. The van der Waals surface area contributed by atoms with Crippen LogP contribution in [0.25, 0.3) is 0 Å². The van der Waals surface area contributed by atoms with Crippen molar-refractivity contribution in [2.24, 2.45) is 0 Å². The van der Waals surface area contributed by atoms with Gasteiger partial charge >= 0.3 is 12.2 Å². The summed E-state index contributed by atoms with van der Waals surface area (Å²) in [5.41, 5.74) is 0.685. The lowest BCUT2D eigenvalue weighted by Crippen LogP contribution is -2.25. The zero-order chi connectivity index (χ0) is 19.2. The van der Waals surface area contributed by atoms with Crippen molar-refractivity contribution in [2.45, 2.75) is 12.1 Å². The van der Waals surface area contributed by atoms with Crippen LogP contribution in [0.15, 0.2) is 53.1 Å². The fourth-order valence-corrected chi connectivity index (χ4v) is 2.87. The van der Waals surface area contributed by atoms with Crippen LogP contribution in [0.5, 0.6) is 11.5 Å². The minimum absolute atomic E-state index is 0.111. The van der Waals surface area contributed by atoms with Gasteiger partial charge in [-0.2, -0.15) is 13.2 Å². The third kappa shape index (κ3) is 3.01. The first-order valence-corrected chi connectivity index (χ1v) is 7.73. The summed E-state index contributed by atoms with van der Waals surface area (Å²) >= 11 is 0. The van der Waals surface area contributed by atoms with E-state index in [0.717, 1.165) is 0 Å². The number of oxazole rings is 1. The van der Waals surface area contributed by atoms with Crippen LogP contribution < -0.4 is 10.1 Å². The van der Waals surface area contributed by atoms with Crippen LogP contribution in [0.2, 0.25) is 0 Å². The van der Waals surface area contributed by atoms with E-state index in [1.807, 2.05) is 0 Å². The van der Waals surface area contributed by atoms with Gasteiger partial charge in [0.05, 0.1) is 12.1 Å². The van der Waals surface area contributed by atoms with Crippen LogP contribution >= 0.6 is 0 Å². The maximum absolute atomic E-state index is 14.2. The first-order chi connectivity index (χ1) is 12.8. The van der Waals surface area contributed by atoms with E-state index in [4.69, 9.17) is 4.74 Å².